The van der Waals surface area contributed by atoms with E-state index in [1.54, 1.807) is 4.83 Å². The second kappa shape index (κ2) is 3.49. The van der Waals surface area contributed by atoms with Crippen LogP contribution in [-0.2, 0) is 10.0 Å². The van der Waals surface area contributed by atoms with E-state index in [4.69, 9.17) is 11.1 Å². The second-order valence-corrected chi connectivity index (χ2v) is 3.78. The van der Waals surface area contributed by atoms with E-state index in [1.807, 2.05) is 6.07 Å². The number of nitrogens with one attached hydrogen (secondary N) is 1. The minimum absolute atomic E-state index is 0.214. The molecule has 0 aliphatic carbocycles. The molecule has 68 valence electrons. The van der Waals surface area contributed by atoms with Crippen molar-refractivity contribution in [2.45, 2.75) is 5.03 Å². The maximum atomic E-state index is 11.0. The molecule has 1 aromatic rings. The van der Waals surface area contributed by atoms with E-state index in [0.29, 0.717) is 0 Å². The Morgan fingerprint density at radius 3 is 2.62 bits per heavy atom. The number of pyridine rings is 1. The number of rotatable bonds is 2. The number of nitrogens with zero attached hydrogens (tertiary/aromatic N) is 2. The van der Waals surface area contributed by atoms with Crippen LogP contribution in [0, 0.1) is 11.3 Å². The van der Waals surface area contributed by atoms with Gasteiger partial charge >= 0.3 is 0 Å². The molecule has 0 saturated heterocycles. The molecular formula is C6H6N4O2S. The molecule has 6 nitrogen and oxygen atoms in total. The van der Waals surface area contributed by atoms with Gasteiger partial charge < -0.3 is 0 Å². The van der Waals surface area contributed by atoms with E-state index in [2.05, 4.69) is 4.98 Å². The van der Waals surface area contributed by atoms with Crippen molar-refractivity contribution >= 4 is 10.0 Å². The minimum atomic E-state index is -3.72. The van der Waals surface area contributed by atoms with Gasteiger partial charge in [-0.15, -0.1) is 4.83 Å². The van der Waals surface area contributed by atoms with Crippen molar-refractivity contribution in [3.8, 4) is 6.07 Å². The number of aromatic nitrogens is 1. The van der Waals surface area contributed by atoms with E-state index in [1.165, 1.54) is 12.1 Å². The zero-order valence-corrected chi connectivity index (χ0v) is 7.25. The van der Waals surface area contributed by atoms with Crippen LogP contribution in [0.2, 0.25) is 0 Å². The fraction of sp³-hybridized carbons (Fsp3) is 0. The van der Waals surface area contributed by atoms with Gasteiger partial charge in [0, 0.05) is 6.20 Å². The smallest absolute Gasteiger partial charge is 0.257 e. The number of hydrazine groups is 1. The van der Waals surface area contributed by atoms with E-state index in [9.17, 15) is 8.42 Å². The summed E-state index contributed by atoms with van der Waals surface area (Å²) in [5, 5.41) is 8.19. The van der Waals surface area contributed by atoms with Crippen LogP contribution in [0.3, 0.4) is 0 Å². The number of nitrogens with two attached hydrogens (primary N) is 1. The highest BCUT2D eigenvalue weighted by Gasteiger charge is 2.12. The maximum absolute atomic E-state index is 11.0. The Labute approximate surface area is 75.0 Å². The second-order valence-electron chi connectivity index (χ2n) is 2.12. The molecule has 0 aliphatic rings. The SMILES string of the molecule is N#Cc1ccc(S(=O)(=O)NN)nc1. The van der Waals surface area contributed by atoms with Crippen molar-refractivity contribution in [3.05, 3.63) is 23.9 Å². The van der Waals surface area contributed by atoms with Gasteiger partial charge in [0.1, 0.15) is 6.07 Å². The standard InChI is InChI=1S/C6H6N4O2S/c7-3-5-1-2-6(9-4-5)13(11,12)10-8/h1-2,4,10H,8H2. The number of nitriles is 1. The average molecular weight is 198 g/mol. The molecule has 1 heterocycles. The normalized spacial score (nSPS) is 10.8. The van der Waals surface area contributed by atoms with Crippen LogP contribution in [0.1, 0.15) is 5.56 Å². The van der Waals surface area contributed by atoms with Gasteiger partial charge in [-0.05, 0) is 12.1 Å². The molecule has 0 radical (unpaired) electrons. The fourth-order valence-electron chi connectivity index (χ4n) is 0.666. The molecule has 7 heteroatoms. The summed E-state index contributed by atoms with van der Waals surface area (Å²) < 4.78 is 22.0. The molecule has 0 amide bonds. The minimum Gasteiger partial charge on any atom is -0.257 e. The molecule has 0 aromatic carbocycles. The molecule has 1 aromatic heterocycles. The Bertz CT molecular complexity index is 431. The molecule has 0 fully saturated rings. The summed E-state index contributed by atoms with van der Waals surface area (Å²) >= 11 is 0. The fourth-order valence-corrected chi connectivity index (χ4v) is 1.23. The molecular weight excluding hydrogens is 192 g/mol. The van der Waals surface area contributed by atoms with Crippen LogP contribution in [0.4, 0.5) is 0 Å². The average Bonchev–Trinajstić information content (AvgIpc) is 2.18. The predicted molar refractivity (Wildman–Crippen MR) is 43.5 cm³/mol. The lowest BCUT2D eigenvalue weighted by molar-refractivity contribution is 0.580. The highest BCUT2D eigenvalue weighted by atomic mass is 32.2. The van der Waals surface area contributed by atoms with Crippen LogP contribution in [0.5, 0.6) is 0 Å². The van der Waals surface area contributed by atoms with Gasteiger partial charge in [-0.25, -0.2) is 13.4 Å². The monoisotopic (exact) mass is 198 g/mol. The van der Waals surface area contributed by atoms with Gasteiger partial charge in [-0.3, -0.25) is 5.84 Å². The van der Waals surface area contributed by atoms with Crippen LogP contribution in [0.15, 0.2) is 23.4 Å². The van der Waals surface area contributed by atoms with E-state index < -0.39 is 10.0 Å². The first-order valence-corrected chi connectivity index (χ1v) is 4.67. The van der Waals surface area contributed by atoms with E-state index in [0.717, 1.165) is 6.20 Å². The summed E-state index contributed by atoms with van der Waals surface area (Å²) in [6.45, 7) is 0. The zero-order chi connectivity index (χ0) is 9.90. The molecule has 0 atom stereocenters. The highest BCUT2D eigenvalue weighted by Crippen LogP contribution is 2.04. The third kappa shape index (κ3) is 2.00. The van der Waals surface area contributed by atoms with Crippen molar-refractivity contribution in [2.24, 2.45) is 5.84 Å². The summed E-state index contributed by atoms with van der Waals surface area (Å²) in [4.78, 5) is 5.16. The van der Waals surface area contributed by atoms with Gasteiger partial charge in [0.05, 0.1) is 5.56 Å². The van der Waals surface area contributed by atoms with Crippen molar-refractivity contribution < 1.29 is 8.42 Å². The molecule has 0 saturated carbocycles. The van der Waals surface area contributed by atoms with Gasteiger partial charge in [-0.1, -0.05) is 0 Å². The van der Waals surface area contributed by atoms with Gasteiger partial charge in [0.2, 0.25) is 0 Å². The van der Waals surface area contributed by atoms with E-state index in [-0.39, 0.29) is 10.6 Å². The Kier molecular flexibility index (Phi) is 2.57. The zero-order valence-electron chi connectivity index (χ0n) is 6.43. The number of hydrogen-bond donors (Lipinski definition) is 2. The summed E-state index contributed by atoms with van der Waals surface area (Å²) in [5.74, 6) is 4.77. The quantitative estimate of drug-likeness (QED) is 0.473. The van der Waals surface area contributed by atoms with Gasteiger partial charge in [0.25, 0.3) is 10.0 Å². The lowest BCUT2D eigenvalue weighted by Gasteiger charge is -1.99. The first kappa shape index (κ1) is 9.60. The van der Waals surface area contributed by atoms with Gasteiger partial charge in [0.15, 0.2) is 5.03 Å². The molecule has 1 rings (SSSR count). The molecule has 3 N–H and O–H groups in total. The molecule has 0 bridgehead atoms. The number of hydrogen-bond acceptors (Lipinski definition) is 5. The Morgan fingerprint density at radius 1 is 1.54 bits per heavy atom. The lowest BCUT2D eigenvalue weighted by atomic mass is 10.3. The van der Waals surface area contributed by atoms with Crippen molar-refractivity contribution in [3.63, 3.8) is 0 Å². The first-order chi connectivity index (χ1) is 6.10. The summed E-state index contributed by atoms with van der Waals surface area (Å²) in [5.41, 5.74) is 0.288. The molecule has 0 spiro atoms. The van der Waals surface area contributed by atoms with Crippen LogP contribution < -0.4 is 10.7 Å². The topological polar surface area (TPSA) is 109 Å². The lowest BCUT2D eigenvalue weighted by Crippen LogP contribution is -2.30. The van der Waals surface area contributed by atoms with E-state index >= 15 is 0 Å². The van der Waals surface area contributed by atoms with Crippen LogP contribution in [0.25, 0.3) is 0 Å². The Morgan fingerprint density at radius 2 is 2.23 bits per heavy atom. The maximum Gasteiger partial charge on any atom is 0.270 e. The largest absolute Gasteiger partial charge is 0.270 e. The first-order valence-electron chi connectivity index (χ1n) is 3.19. The third-order valence-corrected chi connectivity index (χ3v) is 2.40. The Balaban J connectivity index is 3.15. The van der Waals surface area contributed by atoms with Crippen molar-refractivity contribution in [2.75, 3.05) is 0 Å². The summed E-state index contributed by atoms with van der Waals surface area (Å²) in [7, 11) is -3.72. The number of sulfonamides is 1. The summed E-state index contributed by atoms with van der Waals surface area (Å²) in [6.07, 6.45) is 1.16. The molecule has 0 unspecified atom stereocenters. The van der Waals surface area contributed by atoms with Crippen molar-refractivity contribution in [1.82, 2.24) is 9.82 Å². The third-order valence-electron chi connectivity index (χ3n) is 1.30. The molecule has 0 aliphatic heterocycles. The van der Waals surface area contributed by atoms with Crippen LogP contribution >= 0.6 is 0 Å². The highest BCUT2D eigenvalue weighted by molar-refractivity contribution is 7.89. The molecule has 13 heavy (non-hydrogen) atoms. The van der Waals surface area contributed by atoms with Crippen LogP contribution in [-0.4, -0.2) is 13.4 Å². The predicted octanol–water partition coefficient (Wildman–Crippen LogP) is -0.895. The van der Waals surface area contributed by atoms with Gasteiger partial charge in [-0.2, -0.15) is 5.26 Å². The summed E-state index contributed by atoms with van der Waals surface area (Å²) in [6, 6.07) is 4.36. The Hall–Kier alpha value is -1.49. The van der Waals surface area contributed by atoms with Crippen molar-refractivity contribution in [1.29, 1.82) is 5.26 Å².